The van der Waals surface area contributed by atoms with Crippen molar-refractivity contribution in [3.05, 3.63) is 35.6 Å². The first-order valence-electron chi connectivity index (χ1n) is 8.00. The average Bonchev–Trinajstić information content (AvgIpc) is 3.00. The summed E-state index contributed by atoms with van der Waals surface area (Å²) >= 11 is 0. The Morgan fingerprint density at radius 2 is 2.30 bits per heavy atom. The summed E-state index contributed by atoms with van der Waals surface area (Å²) in [6.07, 6.45) is 0.685. The number of nitrogens with zero attached hydrogens (tertiary/aromatic N) is 2. The Morgan fingerprint density at radius 3 is 3.04 bits per heavy atom. The van der Waals surface area contributed by atoms with E-state index in [0.717, 1.165) is 19.5 Å². The molecule has 124 valence electrons. The molecule has 1 amide bonds. The van der Waals surface area contributed by atoms with E-state index < -0.39 is 6.10 Å². The van der Waals surface area contributed by atoms with Crippen molar-refractivity contribution < 1.29 is 14.0 Å². The maximum Gasteiger partial charge on any atom is 0.264 e. The Kier molecular flexibility index (Phi) is 4.61. The molecular weight excluding hydrogens is 297 g/mol. The zero-order valence-corrected chi connectivity index (χ0v) is 13.5. The third kappa shape index (κ3) is 3.69. The van der Waals surface area contributed by atoms with Crippen molar-refractivity contribution in [2.75, 3.05) is 20.1 Å². The van der Waals surface area contributed by atoms with Gasteiger partial charge in [0.1, 0.15) is 5.82 Å². The van der Waals surface area contributed by atoms with E-state index in [-0.39, 0.29) is 17.8 Å². The van der Waals surface area contributed by atoms with E-state index in [1.54, 1.807) is 12.1 Å². The summed E-state index contributed by atoms with van der Waals surface area (Å²) in [5.41, 5.74) is 1.27. The number of likely N-dealkylation sites (tertiary alicyclic amines) is 1. The highest BCUT2D eigenvalue weighted by Gasteiger charge is 2.32. The van der Waals surface area contributed by atoms with Crippen LogP contribution in [-0.2, 0) is 9.63 Å². The number of hydrogen-bond acceptors (Lipinski definition) is 4. The maximum atomic E-state index is 13.3. The van der Waals surface area contributed by atoms with E-state index in [0.29, 0.717) is 23.6 Å². The highest BCUT2D eigenvalue weighted by molar-refractivity contribution is 6.04. The SMILES string of the molecule is C[C@@H]1CN(C)CC[C@@H]1NC(=O)[C@@H]1CC(c2cccc(F)c2)=NO1. The molecule has 0 bridgehead atoms. The van der Waals surface area contributed by atoms with Crippen LogP contribution in [0.4, 0.5) is 4.39 Å². The number of halogens is 1. The standard InChI is InChI=1S/C17H22FN3O2/c1-11-10-21(2)7-6-14(11)19-17(22)16-9-15(20-23-16)12-4-3-5-13(18)8-12/h3-5,8,11,14,16H,6-7,9-10H2,1-2H3,(H,19,22)/t11-,14+,16+/m1/s1. The Morgan fingerprint density at radius 1 is 1.48 bits per heavy atom. The first-order chi connectivity index (χ1) is 11.0. The number of nitrogens with one attached hydrogen (secondary N) is 1. The molecule has 0 spiro atoms. The fraction of sp³-hybridized carbons (Fsp3) is 0.529. The molecule has 3 rings (SSSR count). The van der Waals surface area contributed by atoms with Gasteiger partial charge in [-0.15, -0.1) is 0 Å². The van der Waals surface area contributed by atoms with Gasteiger partial charge >= 0.3 is 0 Å². The summed E-state index contributed by atoms with van der Waals surface area (Å²) in [6, 6.07) is 6.35. The first kappa shape index (κ1) is 15.9. The lowest BCUT2D eigenvalue weighted by atomic mass is 9.94. The van der Waals surface area contributed by atoms with Crippen molar-refractivity contribution in [2.24, 2.45) is 11.1 Å². The van der Waals surface area contributed by atoms with Crippen LogP contribution < -0.4 is 5.32 Å². The molecule has 0 unspecified atom stereocenters. The molecule has 2 heterocycles. The van der Waals surface area contributed by atoms with Crippen LogP contribution in [0.2, 0.25) is 0 Å². The van der Waals surface area contributed by atoms with Gasteiger partial charge < -0.3 is 15.1 Å². The Bertz CT molecular complexity index is 620. The summed E-state index contributed by atoms with van der Waals surface area (Å²) in [5.74, 6) is -0.0532. The van der Waals surface area contributed by atoms with Gasteiger partial charge in [0.05, 0.1) is 5.71 Å². The third-order valence-electron chi connectivity index (χ3n) is 4.56. The second-order valence-electron chi connectivity index (χ2n) is 6.49. The highest BCUT2D eigenvalue weighted by Crippen LogP contribution is 2.20. The van der Waals surface area contributed by atoms with Gasteiger partial charge in [-0.1, -0.05) is 24.2 Å². The van der Waals surface area contributed by atoms with E-state index in [4.69, 9.17) is 4.84 Å². The minimum absolute atomic E-state index is 0.137. The van der Waals surface area contributed by atoms with Crippen LogP contribution in [0.1, 0.15) is 25.3 Å². The second-order valence-corrected chi connectivity index (χ2v) is 6.49. The normalized spacial score (nSPS) is 28.1. The van der Waals surface area contributed by atoms with Gasteiger partial charge in [-0.2, -0.15) is 0 Å². The van der Waals surface area contributed by atoms with E-state index in [1.807, 2.05) is 0 Å². The lowest BCUT2D eigenvalue weighted by molar-refractivity contribution is -0.132. The van der Waals surface area contributed by atoms with Crippen LogP contribution in [0.15, 0.2) is 29.4 Å². The fourth-order valence-electron chi connectivity index (χ4n) is 3.20. The van der Waals surface area contributed by atoms with Crippen molar-refractivity contribution in [2.45, 2.75) is 31.9 Å². The van der Waals surface area contributed by atoms with Gasteiger partial charge in [0.15, 0.2) is 0 Å². The highest BCUT2D eigenvalue weighted by atomic mass is 19.1. The second kappa shape index (κ2) is 6.66. The summed E-state index contributed by atoms with van der Waals surface area (Å²) in [5, 5.41) is 7.03. The number of carbonyl (C=O) groups is 1. The van der Waals surface area contributed by atoms with Crippen molar-refractivity contribution in [3.8, 4) is 0 Å². The van der Waals surface area contributed by atoms with Crippen molar-refractivity contribution in [3.63, 3.8) is 0 Å². The minimum atomic E-state index is -0.625. The molecular formula is C17H22FN3O2. The zero-order chi connectivity index (χ0) is 16.4. The molecule has 1 aromatic rings. The predicted molar refractivity (Wildman–Crippen MR) is 85.6 cm³/mol. The number of rotatable bonds is 3. The average molecular weight is 319 g/mol. The van der Waals surface area contributed by atoms with Crippen molar-refractivity contribution in [1.82, 2.24) is 10.2 Å². The number of hydrogen-bond donors (Lipinski definition) is 1. The Labute approximate surface area is 135 Å². The van der Waals surface area contributed by atoms with E-state index in [9.17, 15) is 9.18 Å². The molecule has 1 aromatic carbocycles. The summed E-state index contributed by atoms with van der Waals surface area (Å²) in [6.45, 7) is 4.10. The molecule has 6 heteroatoms. The lowest BCUT2D eigenvalue weighted by Crippen LogP contribution is -2.51. The van der Waals surface area contributed by atoms with E-state index >= 15 is 0 Å². The molecule has 0 aromatic heterocycles. The Balaban J connectivity index is 1.56. The van der Waals surface area contributed by atoms with Gasteiger partial charge in [-0.25, -0.2) is 4.39 Å². The maximum absolute atomic E-state index is 13.3. The fourth-order valence-corrected chi connectivity index (χ4v) is 3.20. The summed E-state index contributed by atoms with van der Waals surface area (Å²) < 4.78 is 13.3. The van der Waals surface area contributed by atoms with Crippen molar-refractivity contribution >= 4 is 11.6 Å². The lowest BCUT2D eigenvalue weighted by Gasteiger charge is -2.35. The molecule has 1 saturated heterocycles. The van der Waals surface area contributed by atoms with Crippen LogP contribution in [-0.4, -0.2) is 48.8 Å². The number of carbonyl (C=O) groups excluding carboxylic acids is 1. The van der Waals surface area contributed by atoms with E-state index in [2.05, 4.69) is 29.3 Å². The van der Waals surface area contributed by atoms with Crippen molar-refractivity contribution in [1.29, 1.82) is 0 Å². The smallest absolute Gasteiger partial charge is 0.264 e. The predicted octanol–water partition coefficient (Wildman–Crippen LogP) is 1.78. The number of benzene rings is 1. The Hall–Kier alpha value is -1.95. The molecule has 1 fully saturated rings. The monoisotopic (exact) mass is 319 g/mol. The molecule has 1 N–H and O–H groups in total. The summed E-state index contributed by atoms with van der Waals surface area (Å²) in [4.78, 5) is 19.9. The van der Waals surface area contributed by atoms with Gasteiger partial charge in [0.25, 0.3) is 5.91 Å². The first-order valence-corrected chi connectivity index (χ1v) is 8.00. The van der Waals surface area contributed by atoms with Gasteiger partial charge in [0.2, 0.25) is 6.10 Å². The summed E-state index contributed by atoms with van der Waals surface area (Å²) in [7, 11) is 2.09. The van der Waals surface area contributed by atoms with Crippen LogP contribution >= 0.6 is 0 Å². The van der Waals surface area contributed by atoms with Gasteiger partial charge in [0, 0.05) is 24.6 Å². The molecule has 0 aliphatic carbocycles. The van der Waals surface area contributed by atoms with Crippen LogP contribution in [0.25, 0.3) is 0 Å². The molecule has 3 atom stereocenters. The topological polar surface area (TPSA) is 53.9 Å². The van der Waals surface area contributed by atoms with Gasteiger partial charge in [-0.05, 0) is 38.1 Å². The quantitative estimate of drug-likeness (QED) is 0.924. The van der Waals surface area contributed by atoms with Gasteiger partial charge in [-0.3, -0.25) is 4.79 Å². The number of amides is 1. The largest absolute Gasteiger partial charge is 0.382 e. The molecule has 23 heavy (non-hydrogen) atoms. The minimum Gasteiger partial charge on any atom is -0.382 e. The number of oxime groups is 1. The van der Waals surface area contributed by atoms with E-state index in [1.165, 1.54) is 12.1 Å². The molecule has 5 nitrogen and oxygen atoms in total. The molecule has 0 saturated carbocycles. The van der Waals surface area contributed by atoms with Crippen LogP contribution in [0.5, 0.6) is 0 Å². The van der Waals surface area contributed by atoms with Crippen LogP contribution in [0, 0.1) is 11.7 Å². The third-order valence-corrected chi connectivity index (χ3v) is 4.56. The molecule has 2 aliphatic rings. The van der Waals surface area contributed by atoms with Crippen LogP contribution in [0.3, 0.4) is 0 Å². The zero-order valence-electron chi connectivity index (χ0n) is 13.5. The number of piperidine rings is 1. The molecule has 0 radical (unpaired) electrons. The molecule has 2 aliphatic heterocycles.